The van der Waals surface area contributed by atoms with Crippen LogP contribution in [0.5, 0.6) is 0 Å². The maximum absolute atomic E-state index is 13.6. The third kappa shape index (κ3) is 3.98. The minimum absolute atomic E-state index is 0.133. The number of hydrogen-bond acceptors (Lipinski definition) is 5. The van der Waals surface area contributed by atoms with E-state index in [9.17, 15) is 15.2 Å². The van der Waals surface area contributed by atoms with Crippen LogP contribution in [0, 0.1) is 11.3 Å². The van der Waals surface area contributed by atoms with Crippen LogP contribution in [-0.4, -0.2) is 59.0 Å². The number of hydrogen-bond donors (Lipinski definition) is 1. The molecule has 1 N–H and O–H groups in total. The molecule has 1 aliphatic heterocycles. The van der Waals surface area contributed by atoms with Gasteiger partial charge in [-0.1, -0.05) is 29.8 Å². The van der Waals surface area contributed by atoms with Gasteiger partial charge < -0.3 is 14.9 Å². The van der Waals surface area contributed by atoms with Crippen LogP contribution in [0.4, 0.5) is 5.69 Å². The monoisotopic (exact) mass is 475 g/mol. The lowest BCUT2D eigenvalue weighted by Crippen LogP contribution is -2.39. The van der Waals surface area contributed by atoms with Crippen molar-refractivity contribution in [3.8, 4) is 11.8 Å². The number of carbonyl (C=O) groups excluding carboxylic acids is 1. The van der Waals surface area contributed by atoms with Crippen LogP contribution in [0.15, 0.2) is 48.5 Å². The van der Waals surface area contributed by atoms with Gasteiger partial charge in [0.05, 0.1) is 12.3 Å². The van der Waals surface area contributed by atoms with E-state index in [2.05, 4.69) is 28.2 Å². The van der Waals surface area contributed by atoms with Crippen molar-refractivity contribution in [2.24, 2.45) is 0 Å². The summed E-state index contributed by atoms with van der Waals surface area (Å²) < 4.78 is 1.54. The van der Waals surface area contributed by atoms with Gasteiger partial charge in [0.15, 0.2) is 5.69 Å². The highest BCUT2D eigenvalue weighted by Crippen LogP contribution is 2.49. The van der Waals surface area contributed by atoms with E-state index < -0.39 is 0 Å². The first-order valence-electron chi connectivity index (χ1n) is 11.5. The van der Waals surface area contributed by atoms with Crippen molar-refractivity contribution < 1.29 is 9.90 Å². The standard InChI is InChI=1S/C26H26ClN5O2/c1-30(13-14-33)17-26(10-11-26)18-5-7-20(8-6-18)31-12-9-22-23(16-28)29-32(24(22)25(31)34)21-4-2-3-19(27)15-21/h2-8,15,33H,9-14,17H2,1H3. The first kappa shape index (κ1) is 22.6. The molecule has 0 unspecified atom stereocenters. The largest absolute Gasteiger partial charge is 0.395 e. The number of carbonyl (C=O) groups is 1. The number of amides is 1. The summed E-state index contributed by atoms with van der Waals surface area (Å²) in [4.78, 5) is 17.6. The number of fused-ring (bicyclic) bond motifs is 1. The second kappa shape index (κ2) is 8.88. The number of nitrogens with zero attached hydrogens (tertiary/aromatic N) is 5. The minimum atomic E-state index is -0.174. The minimum Gasteiger partial charge on any atom is -0.395 e. The molecule has 5 rings (SSSR count). The molecule has 0 radical (unpaired) electrons. The van der Waals surface area contributed by atoms with E-state index in [1.165, 1.54) is 5.56 Å². The smallest absolute Gasteiger partial charge is 0.277 e. The molecule has 3 aromatic rings. The Morgan fingerprint density at radius 3 is 2.62 bits per heavy atom. The van der Waals surface area contributed by atoms with Crippen LogP contribution < -0.4 is 4.90 Å². The molecule has 2 heterocycles. The summed E-state index contributed by atoms with van der Waals surface area (Å²) in [7, 11) is 2.03. The molecule has 1 fully saturated rings. The zero-order valence-corrected chi connectivity index (χ0v) is 19.8. The van der Waals surface area contributed by atoms with Crippen molar-refractivity contribution in [2.75, 3.05) is 38.2 Å². The van der Waals surface area contributed by atoms with Crippen molar-refractivity contribution >= 4 is 23.2 Å². The number of likely N-dealkylation sites (N-methyl/N-ethyl adjacent to an activating group) is 1. The van der Waals surface area contributed by atoms with Gasteiger partial charge in [0.2, 0.25) is 0 Å². The number of rotatable bonds is 7. The third-order valence-electron chi connectivity index (χ3n) is 6.87. The summed E-state index contributed by atoms with van der Waals surface area (Å²) in [6, 6.07) is 17.5. The van der Waals surface area contributed by atoms with Gasteiger partial charge in [0, 0.05) is 41.3 Å². The summed E-state index contributed by atoms with van der Waals surface area (Å²) in [6.45, 7) is 2.22. The second-order valence-corrected chi connectivity index (χ2v) is 9.61. The zero-order chi connectivity index (χ0) is 23.9. The number of aliphatic hydroxyl groups excluding tert-OH is 1. The van der Waals surface area contributed by atoms with Crippen molar-refractivity contribution in [2.45, 2.75) is 24.7 Å². The molecule has 34 heavy (non-hydrogen) atoms. The zero-order valence-electron chi connectivity index (χ0n) is 19.0. The van der Waals surface area contributed by atoms with Crippen LogP contribution in [0.2, 0.25) is 5.02 Å². The molecular formula is C26H26ClN5O2. The number of benzene rings is 2. The van der Waals surface area contributed by atoms with E-state index in [4.69, 9.17) is 11.6 Å². The number of anilines is 1. The first-order chi connectivity index (χ1) is 16.5. The van der Waals surface area contributed by atoms with Crippen molar-refractivity contribution in [1.29, 1.82) is 5.26 Å². The fraction of sp³-hybridized carbons (Fsp3) is 0.346. The van der Waals surface area contributed by atoms with Gasteiger partial charge in [0.1, 0.15) is 11.8 Å². The molecule has 1 saturated carbocycles. The van der Waals surface area contributed by atoms with Crippen LogP contribution in [0.1, 0.15) is 40.2 Å². The summed E-state index contributed by atoms with van der Waals surface area (Å²) in [5.74, 6) is -0.174. The Morgan fingerprint density at radius 1 is 1.21 bits per heavy atom. The van der Waals surface area contributed by atoms with E-state index >= 15 is 0 Å². The molecule has 0 saturated heterocycles. The van der Waals surface area contributed by atoms with E-state index in [1.807, 2.05) is 25.2 Å². The average Bonchev–Trinajstić information content (AvgIpc) is 3.50. The molecular weight excluding hydrogens is 450 g/mol. The number of aliphatic hydroxyl groups is 1. The van der Waals surface area contributed by atoms with Gasteiger partial charge in [-0.15, -0.1) is 0 Å². The van der Waals surface area contributed by atoms with E-state index in [0.29, 0.717) is 41.5 Å². The highest BCUT2D eigenvalue weighted by atomic mass is 35.5. The molecule has 2 aliphatic rings. The van der Waals surface area contributed by atoms with Crippen molar-refractivity contribution in [3.05, 3.63) is 76.1 Å². The molecule has 0 atom stereocenters. The van der Waals surface area contributed by atoms with Gasteiger partial charge in [0.25, 0.3) is 5.91 Å². The Morgan fingerprint density at radius 2 is 1.97 bits per heavy atom. The topological polar surface area (TPSA) is 85.4 Å². The summed E-state index contributed by atoms with van der Waals surface area (Å²) in [6.07, 6.45) is 2.82. The Hall–Kier alpha value is -3.18. The molecule has 0 bridgehead atoms. The van der Waals surface area contributed by atoms with Crippen LogP contribution in [0.3, 0.4) is 0 Å². The predicted molar refractivity (Wildman–Crippen MR) is 131 cm³/mol. The maximum atomic E-state index is 13.6. The molecule has 7 nitrogen and oxygen atoms in total. The van der Waals surface area contributed by atoms with Gasteiger partial charge >= 0.3 is 0 Å². The Balaban J connectivity index is 1.44. The molecule has 8 heteroatoms. The summed E-state index contributed by atoms with van der Waals surface area (Å²) >= 11 is 6.17. The van der Waals surface area contributed by atoms with Gasteiger partial charge in [-0.2, -0.15) is 10.4 Å². The Kier molecular flexibility index (Phi) is 5.90. The highest BCUT2D eigenvalue weighted by molar-refractivity contribution is 6.30. The fourth-order valence-corrected chi connectivity index (χ4v) is 5.13. The van der Waals surface area contributed by atoms with Gasteiger partial charge in [-0.05, 0) is 62.2 Å². The Bertz CT molecular complexity index is 1270. The molecule has 1 amide bonds. The third-order valence-corrected chi connectivity index (χ3v) is 7.11. The SMILES string of the molecule is CN(CCO)CC1(c2ccc(N3CCc4c(C#N)nn(-c5cccc(Cl)c5)c4C3=O)cc2)CC1. The lowest BCUT2D eigenvalue weighted by Gasteiger charge is -2.28. The second-order valence-electron chi connectivity index (χ2n) is 9.17. The van der Waals surface area contributed by atoms with E-state index in [1.54, 1.807) is 27.8 Å². The number of aromatic nitrogens is 2. The molecule has 0 spiro atoms. The molecule has 1 aliphatic carbocycles. The molecule has 174 valence electrons. The predicted octanol–water partition coefficient (Wildman–Crippen LogP) is 3.56. The van der Waals surface area contributed by atoms with Crippen LogP contribution in [-0.2, 0) is 11.8 Å². The van der Waals surface area contributed by atoms with Crippen LogP contribution in [0.25, 0.3) is 5.69 Å². The van der Waals surface area contributed by atoms with Crippen LogP contribution >= 0.6 is 11.6 Å². The normalized spacial score (nSPS) is 16.4. The quantitative estimate of drug-likeness (QED) is 0.564. The lowest BCUT2D eigenvalue weighted by atomic mass is 9.94. The average molecular weight is 476 g/mol. The summed E-state index contributed by atoms with van der Waals surface area (Å²) in [5, 5.41) is 23.8. The Labute approximate surface area is 203 Å². The summed E-state index contributed by atoms with van der Waals surface area (Å²) in [5.41, 5.74) is 4.26. The van der Waals surface area contributed by atoms with Crippen molar-refractivity contribution in [3.63, 3.8) is 0 Å². The lowest BCUT2D eigenvalue weighted by molar-refractivity contribution is 0.0973. The molecule has 2 aromatic carbocycles. The molecule has 1 aromatic heterocycles. The van der Waals surface area contributed by atoms with Gasteiger partial charge in [-0.25, -0.2) is 4.68 Å². The number of halogens is 1. The highest BCUT2D eigenvalue weighted by Gasteiger charge is 2.45. The first-order valence-corrected chi connectivity index (χ1v) is 11.8. The van der Waals surface area contributed by atoms with E-state index in [0.717, 1.165) is 25.1 Å². The van der Waals surface area contributed by atoms with E-state index in [-0.39, 0.29) is 23.6 Å². The fourth-order valence-electron chi connectivity index (χ4n) is 4.94. The van der Waals surface area contributed by atoms with Crippen molar-refractivity contribution in [1.82, 2.24) is 14.7 Å². The number of nitriles is 1. The maximum Gasteiger partial charge on any atom is 0.277 e. The van der Waals surface area contributed by atoms with Gasteiger partial charge in [-0.3, -0.25) is 4.79 Å².